The first-order valence-electron chi connectivity index (χ1n) is 9.17. The summed E-state index contributed by atoms with van der Waals surface area (Å²) in [5.41, 5.74) is 7.53. The minimum absolute atomic E-state index is 0.145. The van der Waals surface area contributed by atoms with Crippen molar-refractivity contribution in [3.8, 4) is 0 Å². The normalized spacial score (nSPS) is 10.0. The van der Waals surface area contributed by atoms with E-state index in [1.807, 2.05) is 0 Å². The van der Waals surface area contributed by atoms with Gasteiger partial charge in [-0.05, 0) is 0 Å². The predicted molar refractivity (Wildman–Crippen MR) is 125 cm³/mol. The number of hydrogen-bond donors (Lipinski definition) is 0. The standard InChI is InChI=1S/C13H9.C11H17.2BrH.Zr/c1-3-7-12-10(5-1)9-11-6-2-4-8-13(11)12;1-6-11-9(4)7(2)8(3)10(11)5;;;/h1-9H;6H2,1-5H3;2*1H;/q2*-1;;;+4/p-2. The van der Waals surface area contributed by atoms with Crippen LogP contribution in [0.2, 0.25) is 0 Å². The molecule has 0 heterocycles. The molecule has 0 fully saturated rings. The Balaban J connectivity index is 0.000000172. The second-order valence-corrected chi connectivity index (χ2v) is 18.1. The summed E-state index contributed by atoms with van der Waals surface area (Å²) in [6.45, 7) is 11.1. The van der Waals surface area contributed by atoms with Crippen LogP contribution in [0.25, 0.3) is 21.5 Å². The van der Waals surface area contributed by atoms with Crippen molar-refractivity contribution in [2.75, 3.05) is 0 Å². The smallest absolute Gasteiger partial charge is 0.0771 e. The van der Waals surface area contributed by atoms with Crippen molar-refractivity contribution in [3.05, 3.63) is 82.4 Å². The Morgan fingerprint density at radius 3 is 1.48 bits per heavy atom. The molecule has 0 atom stereocenters. The van der Waals surface area contributed by atoms with E-state index in [1.165, 1.54) is 50.2 Å². The van der Waals surface area contributed by atoms with Crippen molar-refractivity contribution in [3.63, 3.8) is 0 Å². The van der Waals surface area contributed by atoms with Gasteiger partial charge in [-0.3, -0.25) is 0 Å². The van der Waals surface area contributed by atoms with E-state index in [1.54, 1.807) is 5.56 Å². The third-order valence-corrected chi connectivity index (χ3v) is 5.47. The third kappa shape index (κ3) is 5.31. The first-order valence-corrected chi connectivity index (χ1v) is 20.4. The zero-order valence-electron chi connectivity index (χ0n) is 16.7. The molecule has 27 heavy (non-hydrogen) atoms. The quantitative estimate of drug-likeness (QED) is 0.203. The van der Waals surface area contributed by atoms with Gasteiger partial charge in [0.15, 0.2) is 0 Å². The fourth-order valence-electron chi connectivity index (χ4n) is 3.73. The van der Waals surface area contributed by atoms with Gasteiger partial charge < -0.3 is 0 Å². The van der Waals surface area contributed by atoms with Crippen LogP contribution < -0.4 is 0 Å². The van der Waals surface area contributed by atoms with E-state index >= 15 is 0 Å². The Morgan fingerprint density at radius 2 is 1.15 bits per heavy atom. The summed E-state index contributed by atoms with van der Waals surface area (Å²) >= 11 is 6.32. The number of fused-ring (bicyclic) bond motifs is 3. The summed E-state index contributed by atoms with van der Waals surface area (Å²) in [4.78, 5) is 0. The summed E-state index contributed by atoms with van der Waals surface area (Å²) < 4.78 is 0. The number of halogens is 2. The number of hydrogen-bond acceptors (Lipinski definition) is 0. The molecule has 0 aliphatic heterocycles. The second-order valence-electron chi connectivity index (χ2n) is 6.72. The van der Waals surface area contributed by atoms with Crippen LogP contribution in [0.15, 0.2) is 54.6 Å². The molecule has 0 saturated heterocycles. The fraction of sp³-hybridized carbons (Fsp3) is 0.250. The van der Waals surface area contributed by atoms with Crippen molar-refractivity contribution < 1.29 is 18.5 Å². The van der Waals surface area contributed by atoms with Crippen molar-refractivity contribution in [1.29, 1.82) is 0 Å². The SMILES string of the molecule is CC[c-]1c(C)c(C)c(C)c1C.[Br][Zr+2][Br].c1ccc2c(c1)[cH-]c1ccccc12. The van der Waals surface area contributed by atoms with Crippen molar-refractivity contribution >= 4 is 46.0 Å². The Hall–Kier alpha value is -0.497. The molecule has 4 rings (SSSR count). The summed E-state index contributed by atoms with van der Waals surface area (Å²) in [6, 6.07) is 19.3. The minimum atomic E-state index is -0.145. The first kappa shape index (κ1) is 22.8. The molecule has 140 valence electrons. The maximum atomic E-state index is 3.23. The van der Waals surface area contributed by atoms with Crippen molar-refractivity contribution in [2.24, 2.45) is 0 Å². The molecule has 0 radical (unpaired) electrons. The van der Waals surface area contributed by atoms with Crippen LogP contribution in [0, 0.1) is 27.7 Å². The van der Waals surface area contributed by atoms with Crippen LogP contribution in [0.3, 0.4) is 0 Å². The van der Waals surface area contributed by atoms with Crippen molar-refractivity contribution in [2.45, 2.75) is 41.0 Å². The monoisotopic (exact) mass is 562 g/mol. The Bertz CT molecular complexity index is 932. The Labute approximate surface area is 186 Å². The summed E-state index contributed by atoms with van der Waals surface area (Å²) in [7, 11) is 0. The second kappa shape index (κ2) is 10.9. The molecule has 3 heteroatoms. The van der Waals surface area contributed by atoms with Gasteiger partial charge in [-0.2, -0.15) is 27.8 Å². The van der Waals surface area contributed by atoms with Crippen LogP contribution in [0.5, 0.6) is 0 Å². The van der Waals surface area contributed by atoms with Gasteiger partial charge in [-0.1, -0.05) is 77.4 Å². The van der Waals surface area contributed by atoms with Crippen LogP contribution in [-0.2, 0) is 25.0 Å². The van der Waals surface area contributed by atoms with Gasteiger partial charge in [0, 0.05) is 0 Å². The van der Waals surface area contributed by atoms with Crippen LogP contribution in [0.4, 0.5) is 0 Å². The van der Waals surface area contributed by atoms with E-state index in [0.717, 1.165) is 0 Å². The predicted octanol–water partition coefficient (Wildman–Crippen LogP) is 8.60. The van der Waals surface area contributed by atoms with Gasteiger partial charge in [0.25, 0.3) is 0 Å². The summed E-state index contributed by atoms with van der Waals surface area (Å²) in [5, 5.41) is 5.39. The van der Waals surface area contributed by atoms with Gasteiger partial charge >= 0.3 is 43.0 Å². The molecule has 0 N–H and O–H groups in total. The average Bonchev–Trinajstić information content (AvgIpc) is 3.14. The zero-order chi connectivity index (χ0) is 20.0. The molecule has 0 amide bonds. The van der Waals surface area contributed by atoms with Gasteiger partial charge in [0.1, 0.15) is 0 Å². The molecule has 4 aromatic carbocycles. The van der Waals surface area contributed by atoms with E-state index in [-0.39, 0.29) is 18.5 Å². The molecule has 0 aliphatic carbocycles. The first-order chi connectivity index (χ1) is 13.0. The van der Waals surface area contributed by atoms with E-state index < -0.39 is 0 Å². The minimum Gasteiger partial charge on any atom is -0.126 e. The van der Waals surface area contributed by atoms with E-state index in [0.29, 0.717) is 0 Å². The number of rotatable bonds is 1. The van der Waals surface area contributed by atoms with Gasteiger partial charge in [-0.25, -0.2) is 0 Å². The molecule has 0 aromatic heterocycles. The molecule has 0 unspecified atom stereocenters. The largest absolute Gasteiger partial charge is 0.126 e. The van der Waals surface area contributed by atoms with Crippen LogP contribution in [0.1, 0.15) is 34.7 Å². The molecule has 0 bridgehead atoms. The summed E-state index contributed by atoms with van der Waals surface area (Å²) in [5.74, 6) is 0. The molecule has 0 nitrogen and oxygen atoms in total. The van der Waals surface area contributed by atoms with E-state index in [4.69, 9.17) is 0 Å². The van der Waals surface area contributed by atoms with Gasteiger partial charge in [0.2, 0.25) is 0 Å². The van der Waals surface area contributed by atoms with E-state index in [9.17, 15) is 0 Å². The Kier molecular flexibility index (Phi) is 9.19. The van der Waals surface area contributed by atoms with E-state index in [2.05, 4.69) is 114 Å². The fourth-order valence-corrected chi connectivity index (χ4v) is 3.73. The maximum absolute atomic E-state index is 3.23. The molecular formula is C24H26Br2Zr. The van der Waals surface area contributed by atoms with Crippen LogP contribution >= 0.6 is 24.4 Å². The summed E-state index contributed by atoms with van der Waals surface area (Å²) in [6.07, 6.45) is 1.17. The Morgan fingerprint density at radius 1 is 0.778 bits per heavy atom. The molecule has 4 aromatic rings. The topological polar surface area (TPSA) is 0 Å². The van der Waals surface area contributed by atoms with Gasteiger partial charge in [0.05, 0.1) is 0 Å². The molecule has 0 aliphatic rings. The van der Waals surface area contributed by atoms with Gasteiger partial charge in [-0.15, -0.1) is 39.7 Å². The molecule has 0 spiro atoms. The van der Waals surface area contributed by atoms with Crippen molar-refractivity contribution in [1.82, 2.24) is 0 Å². The zero-order valence-corrected chi connectivity index (χ0v) is 22.3. The third-order valence-electron chi connectivity index (χ3n) is 5.47. The molecular weight excluding hydrogens is 539 g/mol. The number of benzene rings is 2. The maximum Gasteiger partial charge on any atom is -0.0771 e. The molecule has 0 saturated carbocycles. The average molecular weight is 566 g/mol. The van der Waals surface area contributed by atoms with Crippen LogP contribution in [-0.4, -0.2) is 0 Å².